The zero-order valence-electron chi connectivity index (χ0n) is 10.6. The third-order valence-corrected chi connectivity index (χ3v) is 5.06. The van der Waals surface area contributed by atoms with Crippen LogP contribution in [0.25, 0.3) is 0 Å². The lowest BCUT2D eigenvalue weighted by Crippen LogP contribution is -2.24. The minimum Gasteiger partial charge on any atom is -0.374 e. The minimum atomic E-state index is -3.52. The van der Waals surface area contributed by atoms with Gasteiger partial charge in [-0.2, -0.15) is 0 Å². The van der Waals surface area contributed by atoms with E-state index in [9.17, 15) is 8.42 Å². The molecule has 0 saturated heterocycles. The fraction of sp³-hybridized carbons (Fsp3) is 0.800. The van der Waals surface area contributed by atoms with Gasteiger partial charge in [-0.05, 0) is 6.42 Å². The number of rotatable bonds is 9. The average molecular weight is 292 g/mol. The number of hydrogen-bond donors (Lipinski definition) is 2. The Balaban J connectivity index is 2.22. The maximum atomic E-state index is 11.7. The highest BCUT2D eigenvalue weighted by atomic mass is 32.2. The zero-order chi connectivity index (χ0) is 13.4. The fourth-order valence-electron chi connectivity index (χ4n) is 1.50. The van der Waals surface area contributed by atoms with Crippen molar-refractivity contribution in [3.8, 4) is 0 Å². The van der Waals surface area contributed by atoms with Crippen molar-refractivity contribution in [3.05, 3.63) is 0 Å². The SMILES string of the molecule is CCCCCCCCNS(=O)(=O)c1nnc(N)s1. The number of unbranched alkanes of at least 4 members (excludes halogenated alkanes) is 5. The molecule has 0 amide bonds. The van der Waals surface area contributed by atoms with E-state index in [2.05, 4.69) is 21.8 Å². The van der Waals surface area contributed by atoms with Gasteiger partial charge in [-0.25, -0.2) is 13.1 Å². The van der Waals surface area contributed by atoms with Crippen LogP contribution in [0.3, 0.4) is 0 Å². The molecule has 0 saturated carbocycles. The number of nitrogen functional groups attached to an aromatic ring is 1. The second-order valence-electron chi connectivity index (χ2n) is 4.07. The van der Waals surface area contributed by atoms with Gasteiger partial charge in [0.05, 0.1) is 0 Å². The van der Waals surface area contributed by atoms with Crippen LogP contribution in [-0.4, -0.2) is 25.2 Å². The topological polar surface area (TPSA) is 98.0 Å². The smallest absolute Gasteiger partial charge is 0.269 e. The molecule has 0 spiro atoms. The highest BCUT2D eigenvalue weighted by Gasteiger charge is 2.18. The van der Waals surface area contributed by atoms with Crippen molar-refractivity contribution in [2.45, 2.75) is 49.8 Å². The summed E-state index contributed by atoms with van der Waals surface area (Å²) in [4.78, 5) is 0. The van der Waals surface area contributed by atoms with Crippen molar-refractivity contribution in [1.29, 1.82) is 0 Å². The first-order valence-electron chi connectivity index (χ1n) is 6.15. The van der Waals surface area contributed by atoms with Gasteiger partial charge in [-0.3, -0.25) is 0 Å². The predicted octanol–water partition coefficient (Wildman–Crippen LogP) is 1.76. The van der Waals surface area contributed by atoms with Crippen molar-refractivity contribution in [1.82, 2.24) is 14.9 Å². The summed E-state index contributed by atoms with van der Waals surface area (Å²) in [7, 11) is -3.52. The van der Waals surface area contributed by atoms with Crippen molar-refractivity contribution < 1.29 is 8.42 Å². The molecular formula is C10H20N4O2S2. The minimum absolute atomic E-state index is 0.0639. The summed E-state index contributed by atoms with van der Waals surface area (Å²) in [5.74, 6) is 0. The van der Waals surface area contributed by atoms with Gasteiger partial charge < -0.3 is 5.73 Å². The standard InChI is InChI=1S/C10H20N4O2S2/c1-2-3-4-5-6-7-8-12-18(15,16)10-14-13-9(11)17-10/h12H,2-8H2,1H3,(H2,11,13). The Morgan fingerprint density at radius 1 is 1.17 bits per heavy atom. The van der Waals surface area contributed by atoms with Gasteiger partial charge in [0.1, 0.15) is 0 Å². The van der Waals surface area contributed by atoms with Crippen molar-refractivity contribution >= 4 is 26.5 Å². The molecule has 1 aromatic rings. The van der Waals surface area contributed by atoms with Crippen molar-refractivity contribution in [2.75, 3.05) is 12.3 Å². The van der Waals surface area contributed by atoms with Crippen LogP contribution in [-0.2, 0) is 10.0 Å². The van der Waals surface area contributed by atoms with Crippen LogP contribution in [0.1, 0.15) is 45.4 Å². The van der Waals surface area contributed by atoms with Gasteiger partial charge in [0.15, 0.2) is 0 Å². The van der Waals surface area contributed by atoms with E-state index >= 15 is 0 Å². The van der Waals surface area contributed by atoms with Crippen molar-refractivity contribution in [2.24, 2.45) is 0 Å². The number of anilines is 1. The van der Waals surface area contributed by atoms with Gasteiger partial charge in [0.2, 0.25) is 9.47 Å². The van der Waals surface area contributed by atoms with E-state index in [4.69, 9.17) is 5.73 Å². The van der Waals surface area contributed by atoms with E-state index in [0.717, 1.165) is 30.6 Å². The highest BCUT2D eigenvalue weighted by Crippen LogP contribution is 2.16. The first-order chi connectivity index (χ1) is 8.56. The molecule has 6 nitrogen and oxygen atoms in total. The summed E-state index contributed by atoms with van der Waals surface area (Å²) in [6.45, 7) is 2.61. The second-order valence-corrected chi connectivity index (χ2v) is 7.02. The lowest BCUT2D eigenvalue weighted by atomic mass is 10.1. The lowest BCUT2D eigenvalue weighted by molar-refractivity contribution is 0.566. The summed E-state index contributed by atoms with van der Waals surface area (Å²) < 4.78 is 25.9. The third-order valence-electron chi connectivity index (χ3n) is 2.47. The summed E-state index contributed by atoms with van der Waals surface area (Å²) >= 11 is 0.875. The first kappa shape index (κ1) is 15.3. The van der Waals surface area contributed by atoms with E-state index in [1.165, 1.54) is 19.3 Å². The van der Waals surface area contributed by atoms with Crippen molar-refractivity contribution in [3.63, 3.8) is 0 Å². The predicted molar refractivity (Wildman–Crippen MR) is 72.9 cm³/mol. The molecule has 104 valence electrons. The number of hydrogen-bond acceptors (Lipinski definition) is 6. The Kier molecular flexibility index (Phi) is 6.51. The molecule has 8 heteroatoms. The molecule has 1 aromatic heterocycles. The molecule has 0 aliphatic rings. The van der Waals surface area contributed by atoms with Crippen LogP contribution in [0.4, 0.5) is 5.13 Å². The fourth-order valence-corrected chi connectivity index (χ4v) is 3.40. The molecule has 1 rings (SSSR count). The monoisotopic (exact) mass is 292 g/mol. The Hall–Kier alpha value is -0.730. The molecular weight excluding hydrogens is 272 g/mol. The lowest BCUT2D eigenvalue weighted by Gasteiger charge is -2.03. The number of nitrogens with zero attached hydrogens (tertiary/aromatic N) is 2. The van der Waals surface area contributed by atoms with Gasteiger partial charge in [0, 0.05) is 6.54 Å². The average Bonchev–Trinajstić information content (AvgIpc) is 2.75. The molecule has 1 heterocycles. The van der Waals surface area contributed by atoms with E-state index < -0.39 is 10.0 Å². The summed E-state index contributed by atoms with van der Waals surface area (Å²) in [5.41, 5.74) is 5.35. The summed E-state index contributed by atoms with van der Waals surface area (Å²) in [6.07, 6.45) is 6.72. The van der Waals surface area contributed by atoms with E-state index in [1.54, 1.807) is 0 Å². The van der Waals surface area contributed by atoms with Crippen LogP contribution in [0.5, 0.6) is 0 Å². The van der Waals surface area contributed by atoms with Gasteiger partial charge >= 0.3 is 0 Å². The summed E-state index contributed by atoms with van der Waals surface area (Å²) in [5, 5.41) is 7.17. The van der Waals surface area contributed by atoms with E-state index in [-0.39, 0.29) is 9.47 Å². The Morgan fingerprint density at radius 2 is 1.83 bits per heavy atom. The molecule has 0 unspecified atom stereocenters. The number of aromatic nitrogens is 2. The van der Waals surface area contributed by atoms with Gasteiger partial charge in [0.25, 0.3) is 10.0 Å². The second kappa shape index (κ2) is 7.65. The third kappa shape index (κ3) is 5.28. The number of sulfonamides is 1. The molecule has 0 bridgehead atoms. The van der Waals surface area contributed by atoms with E-state index in [1.807, 2.05) is 0 Å². The van der Waals surface area contributed by atoms with Gasteiger partial charge in [-0.1, -0.05) is 50.4 Å². The highest BCUT2D eigenvalue weighted by molar-refractivity contribution is 7.91. The quantitative estimate of drug-likeness (QED) is 0.676. The maximum Gasteiger partial charge on any atom is 0.269 e. The number of nitrogens with two attached hydrogens (primary N) is 1. The van der Waals surface area contributed by atoms with Crippen LogP contribution in [0.15, 0.2) is 4.34 Å². The van der Waals surface area contributed by atoms with Crippen LogP contribution >= 0.6 is 11.3 Å². The largest absolute Gasteiger partial charge is 0.374 e. The Bertz CT molecular complexity index is 444. The van der Waals surface area contributed by atoms with Crippen LogP contribution in [0, 0.1) is 0 Å². The zero-order valence-corrected chi connectivity index (χ0v) is 12.2. The molecule has 0 aliphatic carbocycles. The maximum absolute atomic E-state index is 11.7. The molecule has 0 atom stereocenters. The summed E-state index contributed by atoms with van der Waals surface area (Å²) in [6, 6.07) is 0. The number of nitrogens with one attached hydrogen (secondary N) is 1. The van der Waals surface area contributed by atoms with Crippen LogP contribution in [0.2, 0.25) is 0 Å². The molecule has 0 fully saturated rings. The Labute approximate surface area is 112 Å². The van der Waals surface area contributed by atoms with Crippen LogP contribution < -0.4 is 10.5 Å². The molecule has 0 aromatic carbocycles. The first-order valence-corrected chi connectivity index (χ1v) is 8.45. The molecule has 3 N–H and O–H groups in total. The molecule has 0 radical (unpaired) electrons. The molecule has 0 aliphatic heterocycles. The van der Waals surface area contributed by atoms with Gasteiger partial charge in [-0.15, -0.1) is 10.2 Å². The van der Waals surface area contributed by atoms with E-state index in [0.29, 0.717) is 6.54 Å². The molecule has 18 heavy (non-hydrogen) atoms. The normalized spacial score (nSPS) is 11.8. The Morgan fingerprint density at radius 3 is 2.44 bits per heavy atom.